The summed E-state index contributed by atoms with van der Waals surface area (Å²) in [6.07, 6.45) is 8.40. The van der Waals surface area contributed by atoms with Gasteiger partial charge in [0.2, 0.25) is 0 Å². The molecule has 0 aliphatic carbocycles. The minimum atomic E-state index is 0.396. The molecular weight excluding hydrogens is 496 g/mol. The molecule has 0 amide bonds. The number of aromatic nitrogens is 6. The van der Waals surface area contributed by atoms with Gasteiger partial charge in [0.05, 0.1) is 35.8 Å². The summed E-state index contributed by atoms with van der Waals surface area (Å²) in [4.78, 5) is 21.3. The summed E-state index contributed by atoms with van der Waals surface area (Å²) >= 11 is 5.71. The second kappa shape index (κ2) is 12.4. The van der Waals surface area contributed by atoms with E-state index in [2.05, 4.69) is 47.7 Å². The Hall–Kier alpha value is -4.82. The number of fused-ring (bicyclic) bond motifs is 1. The van der Waals surface area contributed by atoms with Crippen LogP contribution in [0.25, 0.3) is 16.9 Å². The van der Waals surface area contributed by atoms with Crippen molar-refractivity contribution >= 4 is 34.3 Å². The van der Waals surface area contributed by atoms with Crippen molar-refractivity contribution in [1.29, 1.82) is 0 Å². The van der Waals surface area contributed by atoms with Gasteiger partial charge in [0.25, 0.3) is 0 Å². The fraction of sp³-hybridized carbons (Fsp3) is 0.0690. The van der Waals surface area contributed by atoms with Crippen LogP contribution >= 0.6 is 11.6 Å². The molecular formula is C29H25ClN8. The second-order valence-electron chi connectivity index (χ2n) is 8.27. The number of halogens is 1. The Morgan fingerprint density at radius 1 is 0.632 bits per heavy atom. The van der Waals surface area contributed by atoms with Gasteiger partial charge in [-0.3, -0.25) is 14.5 Å². The summed E-state index contributed by atoms with van der Waals surface area (Å²) in [6, 6.07) is 28.3. The highest BCUT2D eigenvalue weighted by molar-refractivity contribution is 6.29. The maximum Gasteiger partial charge on any atom is 0.159 e. The van der Waals surface area contributed by atoms with E-state index in [0.29, 0.717) is 17.5 Å². The van der Waals surface area contributed by atoms with Gasteiger partial charge in [0.1, 0.15) is 23.1 Å². The van der Waals surface area contributed by atoms with Crippen molar-refractivity contribution < 1.29 is 0 Å². The van der Waals surface area contributed by atoms with E-state index in [1.807, 2.05) is 77.4 Å². The van der Waals surface area contributed by atoms with Gasteiger partial charge in [0, 0.05) is 13.1 Å². The number of para-hydroxylation sites is 2. The minimum Gasteiger partial charge on any atom is -0.365 e. The second-order valence-corrected chi connectivity index (χ2v) is 8.66. The number of nitrogens with one attached hydrogen (secondary N) is 2. The molecule has 0 fully saturated rings. The summed E-state index contributed by atoms with van der Waals surface area (Å²) in [6.45, 7) is 1.43. The molecule has 0 bridgehead atoms. The maximum absolute atomic E-state index is 5.71. The Kier molecular flexibility index (Phi) is 8.13. The molecule has 0 aliphatic heterocycles. The average molecular weight is 521 g/mol. The van der Waals surface area contributed by atoms with Gasteiger partial charge in [-0.15, -0.1) is 0 Å². The number of nitrogens with zero attached hydrogens (tertiary/aromatic N) is 6. The lowest BCUT2D eigenvalue weighted by molar-refractivity contribution is 0.983. The third kappa shape index (κ3) is 6.68. The van der Waals surface area contributed by atoms with Crippen molar-refractivity contribution in [3.63, 3.8) is 0 Å². The van der Waals surface area contributed by atoms with Crippen LogP contribution in [-0.4, -0.2) is 29.5 Å². The van der Waals surface area contributed by atoms with E-state index in [1.54, 1.807) is 24.9 Å². The smallest absolute Gasteiger partial charge is 0.159 e. The quantitative estimate of drug-likeness (QED) is 0.260. The molecule has 6 rings (SSSR count). The van der Waals surface area contributed by atoms with Crippen molar-refractivity contribution in [2.24, 2.45) is 0 Å². The van der Waals surface area contributed by atoms with E-state index < -0.39 is 0 Å². The van der Waals surface area contributed by atoms with Crippen molar-refractivity contribution in [1.82, 2.24) is 29.5 Å². The summed E-state index contributed by atoms with van der Waals surface area (Å²) in [5.74, 6) is 2.17. The monoisotopic (exact) mass is 520 g/mol. The highest BCUT2D eigenvalue weighted by Crippen LogP contribution is 2.17. The Bertz CT molecular complexity index is 1590. The zero-order chi connectivity index (χ0) is 26.0. The van der Waals surface area contributed by atoms with Crippen LogP contribution in [-0.2, 0) is 13.1 Å². The number of benzene rings is 3. The molecule has 8 nitrogen and oxygen atoms in total. The lowest BCUT2D eigenvalue weighted by atomic mass is 10.2. The first-order valence-electron chi connectivity index (χ1n) is 12.0. The van der Waals surface area contributed by atoms with E-state index in [1.165, 1.54) is 17.3 Å². The molecule has 9 heteroatoms. The van der Waals surface area contributed by atoms with Crippen molar-refractivity contribution in [3.05, 3.63) is 132 Å². The standard InChI is InChI=1S/C18H15N5.C11H10ClN3/c1-2-6-14(7-3-1)10-20-17-11-19-12-18(22-17)23-13-21-15-8-4-5-9-16(15)23;12-10-7-13-8-11(15-10)14-6-9-4-2-1-3-5-9/h1-9,11-13H,10H2,(H,20,22);1-5,7-8H,6H2,(H,14,15). The zero-order valence-electron chi connectivity index (χ0n) is 20.4. The number of imidazole rings is 1. The number of rotatable bonds is 7. The highest BCUT2D eigenvalue weighted by atomic mass is 35.5. The molecule has 38 heavy (non-hydrogen) atoms. The first-order chi connectivity index (χ1) is 18.7. The zero-order valence-corrected chi connectivity index (χ0v) is 21.2. The third-order valence-electron chi connectivity index (χ3n) is 5.56. The van der Waals surface area contributed by atoms with Crippen LogP contribution < -0.4 is 10.6 Å². The summed E-state index contributed by atoms with van der Waals surface area (Å²) in [5, 5.41) is 6.84. The molecule has 0 unspecified atom stereocenters. The molecule has 188 valence electrons. The Balaban J connectivity index is 0.000000170. The molecule has 0 saturated carbocycles. The molecule has 3 aromatic heterocycles. The lowest BCUT2D eigenvalue weighted by Gasteiger charge is -2.08. The van der Waals surface area contributed by atoms with Crippen LogP contribution in [0.15, 0.2) is 116 Å². The van der Waals surface area contributed by atoms with Crippen LogP contribution in [0.5, 0.6) is 0 Å². The van der Waals surface area contributed by atoms with Gasteiger partial charge in [-0.1, -0.05) is 84.4 Å². The molecule has 6 aromatic rings. The molecule has 3 heterocycles. The number of hydrogen-bond acceptors (Lipinski definition) is 7. The van der Waals surface area contributed by atoms with E-state index in [9.17, 15) is 0 Å². The summed E-state index contributed by atoms with van der Waals surface area (Å²) in [7, 11) is 0. The number of anilines is 2. The molecule has 3 aromatic carbocycles. The van der Waals surface area contributed by atoms with E-state index in [-0.39, 0.29) is 0 Å². The number of hydrogen-bond donors (Lipinski definition) is 2. The predicted octanol–water partition coefficient (Wildman–Crippen LogP) is 6.17. The van der Waals surface area contributed by atoms with Crippen LogP contribution in [0.4, 0.5) is 11.6 Å². The Labute approximate surface area is 225 Å². The summed E-state index contributed by atoms with van der Waals surface area (Å²) < 4.78 is 1.94. The lowest BCUT2D eigenvalue weighted by Crippen LogP contribution is -2.04. The first-order valence-corrected chi connectivity index (χ1v) is 12.4. The SMILES string of the molecule is Clc1cncc(NCc2ccccc2)n1.c1ccc(CNc2cncc(-n3cnc4ccccc43)n2)cc1. The van der Waals surface area contributed by atoms with Gasteiger partial charge in [0.15, 0.2) is 5.82 Å². The van der Waals surface area contributed by atoms with Crippen LogP contribution in [0, 0.1) is 0 Å². The van der Waals surface area contributed by atoms with Gasteiger partial charge in [-0.05, 0) is 23.3 Å². The molecule has 0 aliphatic rings. The largest absolute Gasteiger partial charge is 0.365 e. The first kappa shape index (κ1) is 24.9. The average Bonchev–Trinajstić information content (AvgIpc) is 3.41. The van der Waals surface area contributed by atoms with Crippen LogP contribution in [0.3, 0.4) is 0 Å². The Morgan fingerprint density at radius 3 is 1.87 bits per heavy atom. The van der Waals surface area contributed by atoms with Gasteiger partial charge in [-0.25, -0.2) is 15.0 Å². The normalized spacial score (nSPS) is 10.4. The third-order valence-corrected chi connectivity index (χ3v) is 5.74. The fourth-order valence-corrected chi connectivity index (χ4v) is 3.85. The molecule has 0 atom stereocenters. The molecule has 2 N–H and O–H groups in total. The highest BCUT2D eigenvalue weighted by Gasteiger charge is 2.06. The van der Waals surface area contributed by atoms with E-state index in [4.69, 9.17) is 11.6 Å². The van der Waals surface area contributed by atoms with Crippen molar-refractivity contribution in [2.75, 3.05) is 10.6 Å². The Morgan fingerprint density at radius 2 is 1.21 bits per heavy atom. The summed E-state index contributed by atoms with van der Waals surface area (Å²) in [5.41, 5.74) is 4.35. The predicted molar refractivity (Wildman–Crippen MR) is 151 cm³/mol. The van der Waals surface area contributed by atoms with Gasteiger partial charge in [-0.2, -0.15) is 0 Å². The maximum atomic E-state index is 5.71. The molecule has 0 spiro atoms. The topological polar surface area (TPSA) is 93.4 Å². The van der Waals surface area contributed by atoms with Crippen LogP contribution in [0.2, 0.25) is 5.15 Å². The molecule has 0 saturated heterocycles. The van der Waals surface area contributed by atoms with Gasteiger partial charge >= 0.3 is 0 Å². The fourth-order valence-electron chi connectivity index (χ4n) is 3.70. The van der Waals surface area contributed by atoms with E-state index in [0.717, 1.165) is 29.2 Å². The van der Waals surface area contributed by atoms with Crippen LogP contribution in [0.1, 0.15) is 11.1 Å². The minimum absolute atomic E-state index is 0.396. The van der Waals surface area contributed by atoms with E-state index >= 15 is 0 Å². The van der Waals surface area contributed by atoms with Crippen molar-refractivity contribution in [3.8, 4) is 5.82 Å². The van der Waals surface area contributed by atoms with Gasteiger partial charge < -0.3 is 10.6 Å². The van der Waals surface area contributed by atoms with Crippen molar-refractivity contribution in [2.45, 2.75) is 13.1 Å². The molecule has 0 radical (unpaired) electrons.